The van der Waals surface area contributed by atoms with Crippen LogP contribution in [0.5, 0.6) is 0 Å². The Hall–Kier alpha value is -1.86. The Kier molecular flexibility index (Phi) is 4.70. The first-order valence-electron chi connectivity index (χ1n) is 9.89. The van der Waals surface area contributed by atoms with Crippen LogP contribution in [0.1, 0.15) is 19.8 Å². The minimum atomic E-state index is 0.0840. The van der Waals surface area contributed by atoms with Crippen molar-refractivity contribution in [1.29, 1.82) is 0 Å². The zero-order valence-electron chi connectivity index (χ0n) is 16.2. The van der Waals surface area contributed by atoms with Crippen molar-refractivity contribution in [2.45, 2.75) is 31.9 Å². The predicted octanol–water partition coefficient (Wildman–Crippen LogP) is 4.04. The van der Waals surface area contributed by atoms with Crippen LogP contribution >= 0.6 is 23.2 Å². The zero-order chi connectivity index (χ0) is 20.2. The number of imidazole rings is 1. The van der Waals surface area contributed by atoms with Crippen molar-refractivity contribution in [3.8, 4) is 11.4 Å². The van der Waals surface area contributed by atoms with Crippen LogP contribution < -0.4 is 10.6 Å². The van der Waals surface area contributed by atoms with Crippen LogP contribution in [0, 0.1) is 5.41 Å². The largest absolute Gasteiger partial charge is 0.376 e. The number of benzene rings is 1. The van der Waals surface area contributed by atoms with E-state index in [4.69, 9.17) is 33.7 Å². The van der Waals surface area contributed by atoms with E-state index >= 15 is 0 Å². The van der Waals surface area contributed by atoms with Gasteiger partial charge in [0.1, 0.15) is 11.3 Å². The average molecular weight is 432 g/mol. The van der Waals surface area contributed by atoms with Gasteiger partial charge >= 0.3 is 0 Å². The summed E-state index contributed by atoms with van der Waals surface area (Å²) in [4.78, 5) is 11.6. The second-order valence-electron chi connectivity index (χ2n) is 8.08. The number of rotatable bonds is 2. The first kappa shape index (κ1) is 19.1. The third-order valence-corrected chi connectivity index (χ3v) is 7.36. The molecule has 0 saturated carbocycles. The van der Waals surface area contributed by atoms with Crippen LogP contribution in [0.15, 0.2) is 36.8 Å². The molecule has 4 heterocycles. The number of halogens is 2. The SMILES string of the molecule is C[C@@H]1OCC2(CCN(c3nccn4c(-c5cccc(Cl)c5Cl)ncc34)CC2)[C@@H]1N. The van der Waals surface area contributed by atoms with Crippen LogP contribution in [-0.2, 0) is 4.74 Å². The highest BCUT2D eigenvalue weighted by molar-refractivity contribution is 6.43. The van der Waals surface area contributed by atoms with E-state index in [2.05, 4.69) is 21.8 Å². The molecule has 8 heteroatoms. The molecule has 2 N–H and O–H groups in total. The van der Waals surface area contributed by atoms with Gasteiger partial charge in [-0.25, -0.2) is 9.97 Å². The lowest BCUT2D eigenvalue weighted by Gasteiger charge is -2.41. The van der Waals surface area contributed by atoms with Gasteiger partial charge in [0.25, 0.3) is 0 Å². The third-order valence-electron chi connectivity index (χ3n) is 6.54. The highest BCUT2D eigenvalue weighted by Crippen LogP contribution is 2.42. The minimum Gasteiger partial charge on any atom is -0.376 e. The molecule has 2 aliphatic heterocycles. The van der Waals surface area contributed by atoms with Crippen LogP contribution in [-0.4, -0.2) is 46.2 Å². The van der Waals surface area contributed by atoms with Gasteiger partial charge in [-0.05, 0) is 31.9 Å². The van der Waals surface area contributed by atoms with Crippen molar-refractivity contribution in [3.05, 3.63) is 46.8 Å². The molecule has 6 nitrogen and oxygen atoms in total. The van der Waals surface area contributed by atoms with Crippen molar-refractivity contribution < 1.29 is 4.74 Å². The molecule has 29 heavy (non-hydrogen) atoms. The molecule has 2 aromatic heterocycles. The van der Waals surface area contributed by atoms with Crippen molar-refractivity contribution in [1.82, 2.24) is 14.4 Å². The molecule has 2 aliphatic rings. The highest BCUT2D eigenvalue weighted by Gasteiger charge is 2.47. The van der Waals surface area contributed by atoms with Crippen molar-refractivity contribution in [2.75, 3.05) is 24.6 Å². The molecule has 2 fully saturated rings. The summed E-state index contributed by atoms with van der Waals surface area (Å²) in [6.07, 6.45) is 7.70. The first-order valence-corrected chi connectivity index (χ1v) is 10.6. The summed E-state index contributed by atoms with van der Waals surface area (Å²) in [5.74, 6) is 1.68. The monoisotopic (exact) mass is 431 g/mol. The molecule has 2 saturated heterocycles. The third kappa shape index (κ3) is 3.01. The molecular formula is C21H23Cl2N5O. The normalized spacial score (nSPS) is 23.9. The van der Waals surface area contributed by atoms with Gasteiger partial charge in [0.15, 0.2) is 5.82 Å². The molecule has 0 aliphatic carbocycles. The van der Waals surface area contributed by atoms with E-state index in [0.717, 1.165) is 55.3 Å². The summed E-state index contributed by atoms with van der Waals surface area (Å²) in [5, 5.41) is 1.02. The van der Waals surface area contributed by atoms with Crippen LogP contribution in [0.4, 0.5) is 5.82 Å². The maximum atomic E-state index is 6.46. The van der Waals surface area contributed by atoms with E-state index in [1.54, 1.807) is 6.07 Å². The quantitative estimate of drug-likeness (QED) is 0.662. The number of hydrogen-bond donors (Lipinski definition) is 1. The standard InChI is InChI=1S/C21H23Cl2N5O/c1-13-18(24)21(12-29-13)5-8-27(9-6-21)20-16-11-26-19(28(16)10-7-25-20)14-3-2-4-15(22)17(14)23/h2-4,7,10-11,13,18H,5-6,8-9,12,24H2,1H3/t13-,18+/m0/s1. The summed E-state index contributed by atoms with van der Waals surface area (Å²) in [7, 11) is 0. The number of fused-ring (bicyclic) bond motifs is 1. The molecule has 152 valence electrons. The van der Waals surface area contributed by atoms with Gasteiger partial charge < -0.3 is 15.4 Å². The van der Waals surface area contributed by atoms with Crippen LogP contribution in [0.3, 0.4) is 0 Å². The van der Waals surface area contributed by atoms with Gasteiger partial charge in [0.05, 0.1) is 29.0 Å². The number of nitrogens with two attached hydrogens (primary N) is 1. The first-order chi connectivity index (χ1) is 14.0. The van der Waals surface area contributed by atoms with Gasteiger partial charge in [-0.1, -0.05) is 29.3 Å². The Balaban J connectivity index is 1.47. The molecular weight excluding hydrogens is 409 g/mol. The predicted molar refractivity (Wildman–Crippen MR) is 116 cm³/mol. The zero-order valence-corrected chi connectivity index (χ0v) is 17.7. The Morgan fingerprint density at radius 3 is 2.72 bits per heavy atom. The highest BCUT2D eigenvalue weighted by atomic mass is 35.5. The van der Waals surface area contributed by atoms with Crippen molar-refractivity contribution in [3.63, 3.8) is 0 Å². The number of hydrogen-bond acceptors (Lipinski definition) is 5. The lowest BCUT2D eigenvalue weighted by Crippen LogP contribution is -2.50. The van der Waals surface area contributed by atoms with E-state index < -0.39 is 0 Å². The smallest absolute Gasteiger partial charge is 0.154 e. The Labute approximate surface area is 179 Å². The maximum absolute atomic E-state index is 6.46. The van der Waals surface area contributed by atoms with E-state index in [0.29, 0.717) is 10.0 Å². The molecule has 0 unspecified atom stereocenters. The molecule has 0 radical (unpaired) electrons. The van der Waals surface area contributed by atoms with Crippen LogP contribution in [0.25, 0.3) is 16.9 Å². The summed E-state index contributed by atoms with van der Waals surface area (Å²) in [5.41, 5.74) is 8.30. The topological polar surface area (TPSA) is 68.7 Å². The fraction of sp³-hybridized carbons (Fsp3) is 0.429. The van der Waals surface area contributed by atoms with E-state index in [9.17, 15) is 0 Å². The molecule has 0 bridgehead atoms. The van der Waals surface area contributed by atoms with Crippen molar-refractivity contribution in [2.24, 2.45) is 11.1 Å². The average Bonchev–Trinajstić information content (AvgIpc) is 3.28. The Bertz CT molecular complexity index is 1060. The van der Waals surface area contributed by atoms with Gasteiger partial charge in [0.2, 0.25) is 0 Å². The summed E-state index contributed by atoms with van der Waals surface area (Å²) in [6, 6.07) is 5.68. The van der Waals surface area contributed by atoms with E-state index in [1.807, 2.05) is 35.1 Å². The summed E-state index contributed by atoms with van der Waals surface area (Å²) < 4.78 is 7.87. The van der Waals surface area contributed by atoms with E-state index in [1.165, 1.54) is 0 Å². The lowest BCUT2D eigenvalue weighted by atomic mass is 9.73. The molecule has 2 atom stereocenters. The lowest BCUT2D eigenvalue weighted by molar-refractivity contribution is 0.0974. The molecule has 3 aromatic rings. The summed E-state index contributed by atoms with van der Waals surface area (Å²) in [6.45, 7) is 4.62. The van der Waals surface area contributed by atoms with Crippen molar-refractivity contribution >= 4 is 34.5 Å². The van der Waals surface area contributed by atoms with E-state index in [-0.39, 0.29) is 17.6 Å². The second-order valence-corrected chi connectivity index (χ2v) is 8.87. The van der Waals surface area contributed by atoms with Crippen LogP contribution in [0.2, 0.25) is 10.0 Å². The fourth-order valence-corrected chi connectivity index (χ4v) is 5.06. The number of anilines is 1. The number of nitrogens with zero attached hydrogens (tertiary/aromatic N) is 4. The van der Waals surface area contributed by atoms with Gasteiger partial charge in [0, 0.05) is 42.5 Å². The Morgan fingerprint density at radius 1 is 1.21 bits per heavy atom. The number of piperidine rings is 1. The second kappa shape index (κ2) is 7.13. The molecule has 1 spiro atoms. The maximum Gasteiger partial charge on any atom is 0.154 e. The Morgan fingerprint density at radius 2 is 2.00 bits per heavy atom. The summed E-state index contributed by atoms with van der Waals surface area (Å²) >= 11 is 12.6. The van der Waals surface area contributed by atoms with Gasteiger partial charge in [-0.3, -0.25) is 4.40 Å². The molecule has 0 amide bonds. The van der Waals surface area contributed by atoms with Gasteiger partial charge in [-0.15, -0.1) is 0 Å². The van der Waals surface area contributed by atoms with Gasteiger partial charge in [-0.2, -0.15) is 0 Å². The fourth-order valence-electron chi connectivity index (χ4n) is 4.67. The number of aromatic nitrogens is 3. The molecule has 1 aromatic carbocycles. The number of ether oxygens (including phenoxy) is 1. The minimum absolute atomic E-state index is 0.0840. The molecule has 5 rings (SSSR count).